The lowest BCUT2D eigenvalue weighted by Gasteiger charge is -2.32. The van der Waals surface area contributed by atoms with Gasteiger partial charge in [0.1, 0.15) is 0 Å². The van der Waals surface area contributed by atoms with Gasteiger partial charge < -0.3 is 0 Å². The molecule has 0 amide bonds. The van der Waals surface area contributed by atoms with Crippen LogP contribution in [-0.4, -0.2) is 0 Å². The minimum atomic E-state index is -0.405. The summed E-state index contributed by atoms with van der Waals surface area (Å²) in [6.45, 7) is 0. The highest BCUT2D eigenvalue weighted by atomic mass is 35.5. The van der Waals surface area contributed by atoms with Crippen LogP contribution >= 0.6 is 11.6 Å². The smallest absolute Gasteiger partial charge is 0.0731 e. The van der Waals surface area contributed by atoms with E-state index in [2.05, 4.69) is 115 Å². The minimum absolute atomic E-state index is 0.405. The molecule has 6 aromatic carbocycles. The largest absolute Gasteiger partial charge is 0.0837 e. The quantitative estimate of drug-likeness (QED) is 0.221. The van der Waals surface area contributed by atoms with Crippen molar-refractivity contribution < 1.29 is 0 Å². The van der Waals surface area contributed by atoms with Crippen LogP contribution in [0.1, 0.15) is 22.3 Å². The Morgan fingerprint density at radius 1 is 0.417 bits per heavy atom. The van der Waals surface area contributed by atoms with Crippen molar-refractivity contribution >= 4 is 22.4 Å². The molecule has 8 rings (SSSR count). The number of hydrogen-bond acceptors (Lipinski definition) is 0. The van der Waals surface area contributed by atoms with Crippen LogP contribution in [0, 0.1) is 0 Å². The van der Waals surface area contributed by atoms with E-state index in [1.807, 2.05) is 12.1 Å². The summed E-state index contributed by atoms with van der Waals surface area (Å²) in [5, 5.41) is 3.36. The summed E-state index contributed by atoms with van der Waals surface area (Å²) in [6.07, 6.45) is 0. The predicted molar refractivity (Wildman–Crippen MR) is 151 cm³/mol. The van der Waals surface area contributed by atoms with Crippen molar-refractivity contribution in [1.29, 1.82) is 0 Å². The first-order valence-electron chi connectivity index (χ1n) is 12.4. The van der Waals surface area contributed by atoms with E-state index in [-0.39, 0.29) is 0 Å². The van der Waals surface area contributed by atoms with E-state index in [4.69, 9.17) is 11.6 Å². The first-order valence-corrected chi connectivity index (χ1v) is 12.8. The molecule has 168 valence electrons. The van der Waals surface area contributed by atoms with Crippen molar-refractivity contribution in [3.8, 4) is 33.4 Å². The lowest BCUT2D eigenvalue weighted by molar-refractivity contribution is 0.796. The van der Waals surface area contributed by atoms with E-state index in [0.29, 0.717) is 0 Å². The normalized spacial score (nSPS) is 16.6. The van der Waals surface area contributed by atoms with E-state index in [0.717, 1.165) is 10.6 Å². The molecule has 6 aromatic rings. The van der Waals surface area contributed by atoms with Gasteiger partial charge in [0.15, 0.2) is 0 Å². The van der Waals surface area contributed by atoms with Gasteiger partial charge in [-0.3, -0.25) is 0 Å². The molecule has 2 aliphatic rings. The van der Waals surface area contributed by atoms with E-state index in [1.54, 1.807) is 0 Å². The molecule has 1 unspecified atom stereocenters. The van der Waals surface area contributed by atoms with E-state index >= 15 is 0 Å². The average molecular weight is 477 g/mol. The molecule has 0 heterocycles. The number of hydrogen-bond donors (Lipinski definition) is 0. The van der Waals surface area contributed by atoms with Gasteiger partial charge in [-0.25, -0.2) is 0 Å². The SMILES string of the molecule is Clc1ccccc1-c1cccc2c1C1(c3ccccc3-2)c2ccccc2-c2c1ccc1ccccc21. The fourth-order valence-electron chi connectivity index (χ4n) is 6.87. The molecule has 0 nitrogen and oxygen atoms in total. The van der Waals surface area contributed by atoms with E-state index in [9.17, 15) is 0 Å². The molecule has 0 radical (unpaired) electrons. The van der Waals surface area contributed by atoms with E-state index in [1.165, 1.54) is 60.8 Å². The van der Waals surface area contributed by atoms with E-state index < -0.39 is 5.41 Å². The topological polar surface area (TPSA) is 0 Å². The molecule has 0 saturated heterocycles. The molecule has 0 N–H and O–H groups in total. The Morgan fingerprint density at radius 3 is 1.81 bits per heavy atom. The Morgan fingerprint density at radius 2 is 1.00 bits per heavy atom. The molecular formula is C35H21Cl. The van der Waals surface area contributed by atoms with Gasteiger partial charge in [-0.15, -0.1) is 0 Å². The summed E-state index contributed by atoms with van der Waals surface area (Å²) >= 11 is 6.85. The van der Waals surface area contributed by atoms with Crippen LogP contribution < -0.4 is 0 Å². The molecule has 0 saturated carbocycles. The number of rotatable bonds is 1. The number of benzene rings is 6. The maximum absolute atomic E-state index is 6.85. The van der Waals surface area contributed by atoms with Crippen LogP contribution in [0.15, 0.2) is 127 Å². The lowest BCUT2D eigenvalue weighted by atomic mass is 9.68. The van der Waals surface area contributed by atoms with Crippen molar-refractivity contribution in [3.05, 3.63) is 155 Å². The molecular weight excluding hydrogens is 456 g/mol. The molecule has 1 heteroatoms. The number of halogens is 1. The van der Waals surface area contributed by atoms with Crippen molar-refractivity contribution in [2.45, 2.75) is 5.41 Å². The zero-order valence-corrected chi connectivity index (χ0v) is 20.3. The maximum Gasteiger partial charge on any atom is 0.0731 e. The van der Waals surface area contributed by atoms with Gasteiger partial charge in [-0.1, -0.05) is 133 Å². The second-order valence-electron chi connectivity index (χ2n) is 9.76. The summed E-state index contributed by atoms with van der Waals surface area (Å²) < 4.78 is 0. The highest BCUT2D eigenvalue weighted by Crippen LogP contribution is 2.65. The highest BCUT2D eigenvalue weighted by molar-refractivity contribution is 6.33. The summed E-state index contributed by atoms with van der Waals surface area (Å²) in [4.78, 5) is 0. The highest BCUT2D eigenvalue weighted by Gasteiger charge is 2.53. The summed E-state index contributed by atoms with van der Waals surface area (Å²) in [7, 11) is 0. The average Bonchev–Trinajstić information content (AvgIpc) is 3.41. The van der Waals surface area contributed by atoms with Crippen molar-refractivity contribution in [3.63, 3.8) is 0 Å². The van der Waals surface area contributed by atoms with Crippen LogP contribution in [0.2, 0.25) is 5.02 Å². The van der Waals surface area contributed by atoms with Gasteiger partial charge in [0, 0.05) is 10.6 Å². The molecule has 1 spiro atoms. The van der Waals surface area contributed by atoms with Crippen LogP contribution in [0.5, 0.6) is 0 Å². The van der Waals surface area contributed by atoms with Gasteiger partial charge in [-0.2, -0.15) is 0 Å². The molecule has 0 aromatic heterocycles. The Balaban J connectivity index is 1.62. The van der Waals surface area contributed by atoms with Gasteiger partial charge in [0.2, 0.25) is 0 Å². The maximum atomic E-state index is 6.85. The predicted octanol–water partition coefficient (Wildman–Crippen LogP) is 9.50. The Labute approximate surface area is 215 Å². The third kappa shape index (κ3) is 2.35. The monoisotopic (exact) mass is 476 g/mol. The van der Waals surface area contributed by atoms with Crippen molar-refractivity contribution in [2.24, 2.45) is 0 Å². The molecule has 0 bridgehead atoms. The van der Waals surface area contributed by atoms with Crippen LogP contribution in [0.4, 0.5) is 0 Å². The van der Waals surface area contributed by atoms with Crippen LogP contribution in [0.25, 0.3) is 44.2 Å². The minimum Gasteiger partial charge on any atom is -0.0837 e. The molecule has 0 fully saturated rings. The zero-order chi connectivity index (χ0) is 23.9. The van der Waals surface area contributed by atoms with Gasteiger partial charge >= 0.3 is 0 Å². The Kier molecular flexibility index (Phi) is 4.02. The number of fused-ring (bicyclic) bond motifs is 12. The summed E-state index contributed by atoms with van der Waals surface area (Å²) in [5.41, 5.74) is 12.5. The van der Waals surface area contributed by atoms with Crippen molar-refractivity contribution in [1.82, 2.24) is 0 Å². The second kappa shape index (κ2) is 7.20. The molecule has 2 aliphatic carbocycles. The molecule has 1 atom stereocenters. The summed E-state index contributed by atoms with van der Waals surface area (Å²) in [5.74, 6) is 0. The standard InChI is InChI=1S/C35H21Cl/c36-32-19-8-5-13-25(32)27-16-9-15-26-24-12-3-6-17-29(24)35(34(26)27)30-18-7-4-14-28(30)33-23-11-2-1-10-22(23)20-21-31(33)35/h1-21H. The lowest BCUT2D eigenvalue weighted by Crippen LogP contribution is -2.26. The fraction of sp³-hybridized carbons (Fsp3) is 0.0286. The second-order valence-corrected chi connectivity index (χ2v) is 10.2. The van der Waals surface area contributed by atoms with Crippen LogP contribution in [0.3, 0.4) is 0 Å². The Bertz CT molecular complexity index is 1860. The fourth-order valence-corrected chi connectivity index (χ4v) is 7.11. The third-order valence-electron chi connectivity index (χ3n) is 8.16. The van der Waals surface area contributed by atoms with Gasteiger partial charge in [-0.05, 0) is 66.9 Å². The first kappa shape index (κ1) is 20.1. The molecule has 36 heavy (non-hydrogen) atoms. The van der Waals surface area contributed by atoms with Gasteiger partial charge in [0.25, 0.3) is 0 Å². The van der Waals surface area contributed by atoms with Crippen LogP contribution in [-0.2, 0) is 5.41 Å². The van der Waals surface area contributed by atoms with Gasteiger partial charge in [0.05, 0.1) is 5.41 Å². The first-order chi connectivity index (χ1) is 17.8. The molecule has 0 aliphatic heterocycles. The third-order valence-corrected chi connectivity index (χ3v) is 8.49. The Hall–Kier alpha value is -4.13. The summed E-state index contributed by atoms with van der Waals surface area (Å²) in [6, 6.07) is 46.3. The van der Waals surface area contributed by atoms with Crippen molar-refractivity contribution in [2.75, 3.05) is 0 Å². The zero-order valence-electron chi connectivity index (χ0n) is 19.5.